The van der Waals surface area contributed by atoms with Crippen molar-refractivity contribution in [1.82, 2.24) is 4.98 Å². The molecule has 1 aromatic heterocycles. The molecule has 0 aliphatic heterocycles. The van der Waals surface area contributed by atoms with Gasteiger partial charge in [-0.15, -0.1) is 0 Å². The van der Waals surface area contributed by atoms with Gasteiger partial charge in [0.25, 0.3) is 0 Å². The van der Waals surface area contributed by atoms with Crippen LogP contribution in [0.4, 0.5) is 24.0 Å². The molecule has 0 saturated heterocycles. The van der Waals surface area contributed by atoms with Crippen LogP contribution in [0.5, 0.6) is 0 Å². The number of nitrogens with one attached hydrogen (secondary N) is 1. The fraction of sp³-hybridized carbons (Fsp3) is 0.0588. The number of carbonyl (C=O) groups is 1. The van der Waals surface area contributed by atoms with Gasteiger partial charge in [-0.25, -0.2) is 4.98 Å². The van der Waals surface area contributed by atoms with Crippen molar-refractivity contribution in [2.24, 2.45) is 0 Å². The molecule has 122 valence electrons. The van der Waals surface area contributed by atoms with E-state index in [-0.39, 0.29) is 11.5 Å². The number of ketones is 1. The lowest BCUT2D eigenvalue weighted by atomic mass is 10.1. The van der Waals surface area contributed by atoms with E-state index in [0.717, 1.165) is 23.5 Å². The first kappa shape index (κ1) is 16.2. The molecule has 0 aliphatic carbocycles. The maximum absolute atomic E-state index is 12.7. The molecular weight excluding hydrogens is 337 g/mol. The Morgan fingerprint density at radius 3 is 2.50 bits per heavy atom. The number of anilines is 2. The summed E-state index contributed by atoms with van der Waals surface area (Å²) < 4.78 is 38.2. The number of alkyl halides is 3. The van der Waals surface area contributed by atoms with Crippen molar-refractivity contribution in [2.75, 3.05) is 5.32 Å². The Balaban J connectivity index is 1.79. The SMILES string of the molecule is O=C(c1ccccc1)c1cnc(Nc2cccc(C(F)(F)F)c2)s1. The van der Waals surface area contributed by atoms with E-state index >= 15 is 0 Å². The molecule has 0 spiro atoms. The van der Waals surface area contributed by atoms with Gasteiger partial charge < -0.3 is 5.32 Å². The fourth-order valence-electron chi connectivity index (χ4n) is 2.07. The summed E-state index contributed by atoms with van der Waals surface area (Å²) in [6.07, 6.45) is -3.00. The number of nitrogens with zero attached hydrogens (tertiary/aromatic N) is 1. The Kier molecular flexibility index (Phi) is 4.35. The number of thiazole rings is 1. The van der Waals surface area contributed by atoms with Gasteiger partial charge in [0.15, 0.2) is 5.13 Å². The van der Waals surface area contributed by atoms with Crippen LogP contribution in [0.2, 0.25) is 0 Å². The standard InChI is InChI=1S/C17H11F3N2OS/c18-17(19,20)12-7-4-8-13(9-12)22-16-21-10-14(24-16)15(23)11-5-2-1-3-6-11/h1-10H,(H,21,22). The van der Waals surface area contributed by atoms with Gasteiger partial charge in [-0.1, -0.05) is 47.7 Å². The molecule has 0 atom stereocenters. The number of hydrogen-bond donors (Lipinski definition) is 1. The molecule has 3 rings (SSSR count). The summed E-state index contributed by atoms with van der Waals surface area (Å²) in [6.45, 7) is 0. The minimum atomic E-state index is -4.41. The monoisotopic (exact) mass is 348 g/mol. The maximum Gasteiger partial charge on any atom is 0.416 e. The molecule has 0 aliphatic rings. The Hall–Kier alpha value is -2.67. The lowest BCUT2D eigenvalue weighted by molar-refractivity contribution is -0.137. The van der Waals surface area contributed by atoms with Crippen molar-refractivity contribution >= 4 is 27.9 Å². The molecule has 24 heavy (non-hydrogen) atoms. The fourth-order valence-corrected chi connectivity index (χ4v) is 2.86. The second kappa shape index (κ2) is 6.45. The molecule has 0 saturated carbocycles. The Bertz CT molecular complexity index is 860. The van der Waals surface area contributed by atoms with E-state index in [1.807, 2.05) is 6.07 Å². The van der Waals surface area contributed by atoms with E-state index in [0.29, 0.717) is 15.6 Å². The number of carbonyl (C=O) groups excluding carboxylic acids is 1. The lowest BCUT2D eigenvalue weighted by Crippen LogP contribution is -2.05. The van der Waals surface area contributed by atoms with Crippen LogP contribution in [0.25, 0.3) is 0 Å². The molecule has 1 N–H and O–H groups in total. The first-order chi connectivity index (χ1) is 11.4. The zero-order valence-electron chi connectivity index (χ0n) is 12.2. The normalized spacial score (nSPS) is 11.3. The van der Waals surface area contributed by atoms with Crippen LogP contribution in [0, 0.1) is 0 Å². The summed E-state index contributed by atoms with van der Waals surface area (Å²) in [5.41, 5.74) is 0.0503. The molecule has 3 nitrogen and oxygen atoms in total. The van der Waals surface area contributed by atoms with Crippen LogP contribution in [-0.4, -0.2) is 10.8 Å². The lowest BCUT2D eigenvalue weighted by Gasteiger charge is -2.08. The van der Waals surface area contributed by atoms with Gasteiger partial charge in [-0.05, 0) is 18.2 Å². The van der Waals surface area contributed by atoms with Crippen LogP contribution in [0.3, 0.4) is 0 Å². The smallest absolute Gasteiger partial charge is 0.332 e. The predicted molar refractivity (Wildman–Crippen MR) is 86.7 cm³/mol. The molecule has 0 amide bonds. The Labute approximate surface area is 139 Å². The van der Waals surface area contributed by atoms with Gasteiger partial charge in [0.2, 0.25) is 5.78 Å². The van der Waals surface area contributed by atoms with Gasteiger partial charge in [0, 0.05) is 11.3 Å². The van der Waals surface area contributed by atoms with Crippen molar-refractivity contribution in [2.45, 2.75) is 6.18 Å². The quantitative estimate of drug-likeness (QED) is 0.664. The number of hydrogen-bond acceptors (Lipinski definition) is 4. The molecule has 0 radical (unpaired) electrons. The van der Waals surface area contributed by atoms with Gasteiger partial charge >= 0.3 is 6.18 Å². The van der Waals surface area contributed by atoms with Crippen LogP contribution >= 0.6 is 11.3 Å². The van der Waals surface area contributed by atoms with Gasteiger partial charge in [0.05, 0.1) is 16.6 Å². The third-order valence-electron chi connectivity index (χ3n) is 3.21. The van der Waals surface area contributed by atoms with Crippen LogP contribution in [0.15, 0.2) is 60.8 Å². The van der Waals surface area contributed by atoms with E-state index < -0.39 is 11.7 Å². The molecule has 7 heteroatoms. The van der Waals surface area contributed by atoms with Crippen molar-refractivity contribution in [3.63, 3.8) is 0 Å². The summed E-state index contributed by atoms with van der Waals surface area (Å²) >= 11 is 1.09. The third-order valence-corrected chi connectivity index (χ3v) is 4.12. The number of rotatable bonds is 4. The molecule has 0 fully saturated rings. The number of aromatic nitrogens is 1. The summed E-state index contributed by atoms with van der Waals surface area (Å²) in [5.74, 6) is -0.176. The van der Waals surface area contributed by atoms with Crippen molar-refractivity contribution < 1.29 is 18.0 Å². The summed E-state index contributed by atoms with van der Waals surface area (Å²) in [6, 6.07) is 13.5. The molecule has 0 bridgehead atoms. The van der Waals surface area contributed by atoms with Crippen molar-refractivity contribution in [3.8, 4) is 0 Å². The Morgan fingerprint density at radius 1 is 1.04 bits per heavy atom. The van der Waals surface area contributed by atoms with Gasteiger partial charge in [-0.2, -0.15) is 13.2 Å². The van der Waals surface area contributed by atoms with E-state index in [2.05, 4.69) is 10.3 Å². The zero-order chi connectivity index (χ0) is 17.2. The molecule has 0 unspecified atom stereocenters. The van der Waals surface area contributed by atoms with E-state index in [9.17, 15) is 18.0 Å². The number of benzene rings is 2. The van der Waals surface area contributed by atoms with Crippen molar-refractivity contribution in [3.05, 3.63) is 76.8 Å². The molecular formula is C17H11F3N2OS. The number of halogens is 3. The highest BCUT2D eigenvalue weighted by Crippen LogP contribution is 2.32. The van der Waals surface area contributed by atoms with Crippen LogP contribution in [0.1, 0.15) is 20.8 Å². The zero-order valence-corrected chi connectivity index (χ0v) is 13.0. The minimum absolute atomic E-state index is 0.176. The first-order valence-corrected chi connectivity index (χ1v) is 7.75. The van der Waals surface area contributed by atoms with Crippen molar-refractivity contribution in [1.29, 1.82) is 0 Å². The summed E-state index contributed by atoms with van der Waals surface area (Å²) in [4.78, 5) is 16.8. The summed E-state index contributed by atoms with van der Waals surface area (Å²) in [7, 11) is 0. The molecule has 2 aromatic carbocycles. The largest absolute Gasteiger partial charge is 0.416 e. The van der Waals surface area contributed by atoms with Crippen LogP contribution < -0.4 is 5.32 Å². The first-order valence-electron chi connectivity index (χ1n) is 6.93. The predicted octanol–water partition coefficient (Wildman–Crippen LogP) is 5.14. The molecule has 3 aromatic rings. The second-order valence-corrected chi connectivity index (χ2v) is 5.96. The third kappa shape index (κ3) is 3.62. The van der Waals surface area contributed by atoms with Crippen LogP contribution in [-0.2, 0) is 6.18 Å². The van der Waals surface area contributed by atoms with E-state index in [1.165, 1.54) is 18.3 Å². The maximum atomic E-state index is 12.7. The Morgan fingerprint density at radius 2 is 1.79 bits per heavy atom. The highest BCUT2D eigenvalue weighted by molar-refractivity contribution is 7.17. The van der Waals surface area contributed by atoms with E-state index in [4.69, 9.17) is 0 Å². The molecule has 1 heterocycles. The average molecular weight is 348 g/mol. The highest BCUT2D eigenvalue weighted by atomic mass is 32.1. The minimum Gasteiger partial charge on any atom is -0.332 e. The van der Waals surface area contributed by atoms with Gasteiger partial charge in [0.1, 0.15) is 0 Å². The topological polar surface area (TPSA) is 42.0 Å². The second-order valence-electron chi connectivity index (χ2n) is 4.93. The van der Waals surface area contributed by atoms with Gasteiger partial charge in [-0.3, -0.25) is 4.79 Å². The average Bonchev–Trinajstić information content (AvgIpc) is 3.03. The summed E-state index contributed by atoms with van der Waals surface area (Å²) in [5, 5.41) is 3.15. The highest BCUT2D eigenvalue weighted by Gasteiger charge is 2.30. The van der Waals surface area contributed by atoms with E-state index in [1.54, 1.807) is 24.3 Å².